The molecule has 2 aromatic rings. The zero-order valence-electron chi connectivity index (χ0n) is 13.8. The average Bonchev–Trinajstić information content (AvgIpc) is 3.12. The highest BCUT2D eigenvalue weighted by molar-refractivity contribution is 6.34. The van der Waals surface area contributed by atoms with Gasteiger partial charge in [-0.1, -0.05) is 11.6 Å². The fraction of sp³-hybridized carbons (Fsp3) is 0.294. The van der Waals surface area contributed by atoms with Crippen LogP contribution in [0.1, 0.15) is 23.4 Å². The fourth-order valence-electron chi connectivity index (χ4n) is 2.50. The maximum Gasteiger partial charge on any atom is 0.291 e. The first-order valence-electron chi connectivity index (χ1n) is 7.80. The largest absolute Gasteiger partial charge is 0.459 e. The van der Waals surface area contributed by atoms with E-state index < -0.39 is 11.4 Å². The number of rotatable bonds is 4. The summed E-state index contributed by atoms with van der Waals surface area (Å²) in [7, 11) is 0. The normalized spacial score (nSPS) is 15.6. The molecule has 0 atom stereocenters. The molecule has 0 unspecified atom stereocenters. The molecular weight excluding hydrogens is 381 g/mol. The van der Waals surface area contributed by atoms with Gasteiger partial charge in [0.25, 0.3) is 5.91 Å². The number of carbonyl (C=O) groups excluding carboxylic acids is 2. The molecule has 3 rings (SSSR count). The summed E-state index contributed by atoms with van der Waals surface area (Å²) < 4.78 is 10.3. The molecule has 0 aliphatic carbocycles. The lowest BCUT2D eigenvalue weighted by atomic mass is 9.90. The Bertz CT molecular complexity index is 774. The van der Waals surface area contributed by atoms with Gasteiger partial charge in [0.1, 0.15) is 5.54 Å². The Morgan fingerprint density at radius 3 is 2.50 bits per heavy atom. The zero-order chi connectivity index (χ0) is 17.9. The van der Waals surface area contributed by atoms with E-state index in [2.05, 4.69) is 10.6 Å². The predicted octanol–water partition coefficient (Wildman–Crippen LogP) is 3.05. The Hall–Kier alpha value is -2.06. The molecule has 9 heteroatoms. The van der Waals surface area contributed by atoms with E-state index in [4.69, 9.17) is 26.5 Å². The van der Waals surface area contributed by atoms with Crippen molar-refractivity contribution in [3.8, 4) is 0 Å². The molecule has 2 heterocycles. The minimum Gasteiger partial charge on any atom is -0.459 e. The number of carbonyl (C=O) groups is 2. The molecule has 1 aromatic heterocycles. The van der Waals surface area contributed by atoms with E-state index in [0.29, 0.717) is 37.4 Å². The maximum atomic E-state index is 12.4. The second-order valence-electron chi connectivity index (χ2n) is 5.85. The van der Waals surface area contributed by atoms with Crippen molar-refractivity contribution >= 4 is 47.2 Å². The molecule has 4 N–H and O–H groups in total. The van der Waals surface area contributed by atoms with Crippen LogP contribution < -0.4 is 16.4 Å². The van der Waals surface area contributed by atoms with E-state index in [9.17, 15) is 9.59 Å². The summed E-state index contributed by atoms with van der Waals surface area (Å²) in [6.45, 7) is 0.921. The van der Waals surface area contributed by atoms with Crippen molar-refractivity contribution in [3.63, 3.8) is 0 Å². The molecule has 1 aromatic carbocycles. The molecule has 2 amide bonds. The molecule has 7 nitrogen and oxygen atoms in total. The summed E-state index contributed by atoms with van der Waals surface area (Å²) in [5.74, 6) is -0.510. The van der Waals surface area contributed by atoms with Crippen molar-refractivity contribution in [1.82, 2.24) is 0 Å². The number of nitrogens with one attached hydrogen (secondary N) is 2. The lowest BCUT2D eigenvalue weighted by Crippen LogP contribution is -2.54. The Balaban J connectivity index is 0.00000243. The van der Waals surface area contributed by atoms with Crippen LogP contribution in [0.15, 0.2) is 41.0 Å². The molecular formula is C17H19Cl2N3O4. The standard InChI is InChI=1S/C17H18ClN3O4.ClH/c18-12-10-11(20-16(23)17(19)5-8-24-9-6-17)3-4-13(12)21-15(22)14-2-1-7-25-14;/h1-4,7,10H,5-6,8-9,19H2,(H,20,23)(H,21,22);1H. The van der Waals surface area contributed by atoms with Gasteiger partial charge in [0.15, 0.2) is 5.76 Å². The highest BCUT2D eigenvalue weighted by atomic mass is 35.5. The van der Waals surface area contributed by atoms with E-state index >= 15 is 0 Å². The summed E-state index contributed by atoms with van der Waals surface area (Å²) in [6.07, 6.45) is 2.34. The number of benzene rings is 1. The number of ether oxygens (including phenoxy) is 1. The van der Waals surface area contributed by atoms with Gasteiger partial charge in [-0.2, -0.15) is 0 Å². The third-order valence-corrected chi connectivity index (χ3v) is 4.37. The number of hydrogen-bond donors (Lipinski definition) is 3. The first kappa shape index (κ1) is 20.3. The number of anilines is 2. The lowest BCUT2D eigenvalue weighted by Gasteiger charge is -2.31. The van der Waals surface area contributed by atoms with Crippen LogP contribution in [0.2, 0.25) is 5.02 Å². The molecule has 0 bridgehead atoms. The maximum absolute atomic E-state index is 12.4. The Morgan fingerprint density at radius 2 is 1.88 bits per heavy atom. The average molecular weight is 400 g/mol. The number of hydrogen-bond acceptors (Lipinski definition) is 5. The molecule has 1 saturated heterocycles. The van der Waals surface area contributed by atoms with Crippen molar-refractivity contribution in [2.45, 2.75) is 18.4 Å². The van der Waals surface area contributed by atoms with Crippen LogP contribution in [0.4, 0.5) is 11.4 Å². The second-order valence-corrected chi connectivity index (χ2v) is 6.26. The Morgan fingerprint density at radius 1 is 1.15 bits per heavy atom. The summed E-state index contributed by atoms with van der Waals surface area (Å²) in [5, 5.41) is 5.70. The third-order valence-electron chi connectivity index (χ3n) is 4.06. The van der Waals surface area contributed by atoms with E-state index in [0.717, 1.165) is 0 Å². The van der Waals surface area contributed by atoms with Crippen molar-refractivity contribution in [2.75, 3.05) is 23.8 Å². The SMILES string of the molecule is Cl.NC1(C(=O)Nc2ccc(NC(=O)c3ccco3)c(Cl)c2)CCOCC1. The summed E-state index contributed by atoms with van der Waals surface area (Å²) in [5.41, 5.74) is 6.11. The summed E-state index contributed by atoms with van der Waals surface area (Å²) >= 11 is 6.19. The van der Waals surface area contributed by atoms with Gasteiger partial charge in [0.2, 0.25) is 5.91 Å². The van der Waals surface area contributed by atoms with Gasteiger partial charge in [-0.3, -0.25) is 9.59 Å². The van der Waals surface area contributed by atoms with Crippen molar-refractivity contribution in [2.24, 2.45) is 5.73 Å². The predicted molar refractivity (Wildman–Crippen MR) is 101 cm³/mol. The van der Waals surface area contributed by atoms with Crippen LogP contribution in [-0.4, -0.2) is 30.6 Å². The first-order chi connectivity index (χ1) is 12.0. The molecule has 1 aliphatic rings. The number of halogens is 2. The molecule has 1 aliphatic heterocycles. The fourth-order valence-corrected chi connectivity index (χ4v) is 2.73. The molecule has 26 heavy (non-hydrogen) atoms. The zero-order valence-corrected chi connectivity index (χ0v) is 15.4. The van der Waals surface area contributed by atoms with Gasteiger partial charge >= 0.3 is 0 Å². The quantitative estimate of drug-likeness (QED) is 0.732. The minimum atomic E-state index is -0.948. The van der Waals surface area contributed by atoms with Gasteiger partial charge in [-0.25, -0.2) is 0 Å². The van der Waals surface area contributed by atoms with Crippen LogP contribution in [0, 0.1) is 0 Å². The third kappa shape index (κ3) is 4.56. The van der Waals surface area contributed by atoms with E-state index in [-0.39, 0.29) is 29.1 Å². The first-order valence-corrected chi connectivity index (χ1v) is 8.18. The van der Waals surface area contributed by atoms with Gasteiger partial charge in [-0.15, -0.1) is 12.4 Å². The van der Waals surface area contributed by atoms with E-state index in [1.165, 1.54) is 6.26 Å². The van der Waals surface area contributed by atoms with Crippen molar-refractivity contribution in [3.05, 3.63) is 47.4 Å². The van der Waals surface area contributed by atoms with Crippen LogP contribution in [-0.2, 0) is 9.53 Å². The number of furan rings is 1. The van der Waals surface area contributed by atoms with Gasteiger partial charge in [0, 0.05) is 18.9 Å². The molecule has 140 valence electrons. The highest BCUT2D eigenvalue weighted by Crippen LogP contribution is 2.27. The number of nitrogens with two attached hydrogens (primary N) is 1. The van der Waals surface area contributed by atoms with Gasteiger partial charge < -0.3 is 25.5 Å². The number of amides is 2. The van der Waals surface area contributed by atoms with E-state index in [1.54, 1.807) is 30.3 Å². The summed E-state index contributed by atoms with van der Waals surface area (Å²) in [6, 6.07) is 7.97. The van der Waals surface area contributed by atoms with E-state index in [1.807, 2.05) is 0 Å². The minimum absolute atomic E-state index is 0. The van der Waals surface area contributed by atoms with Crippen LogP contribution >= 0.6 is 24.0 Å². The topological polar surface area (TPSA) is 107 Å². The van der Waals surface area contributed by atoms with Crippen LogP contribution in [0.5, 0.6) is 0 Å². The van der Waals surface area contributed by atoms with Crippen LogP contribution in [0.25, 0.3) is 0 Å². The Kier molecular flexibility index (Phi) is 6.66. The van der Waals surface area contributed by atoms with Gasteiger partial charge in [0.05, 0.1) is 17.0 Å². The monoisotopic (exact) mass is 399 g/mol. The second kappa shape index (κ2) is 8.55. The van der Waals surface area contributed by atoms with Crippen LogP contribution in [0.3, 0.4) is 0 Å². The highest BCUT2D eigenvalue weighted by Gasteiger charge is 2.35. The van der Waals surface area contributed by atoms with Gasteiger partial charge in [-0.05, 0) is 43.2 Å². The molecule has 0 saturated carbocycles. The van der Waals surface area contributed by atoms with Crippen molar-refractivity contribution < 1.29 is 18.7 Å². The lowest BCUT2D eigenvalue weighted by molar-refractivity contribution is -0.124. The molecule has 0 radical (unpaired) electrons. The summed E-state index contributed by atoms with van der Waals surface area (Å²) in [4.78, 5) is 24.4. The molecule has 1 fully saturated rings. The smallest absolute Gasteiger partial charge is 0.291 e. The Labute approximate surface area is 161 Å². The molecule has 0 spiro atoms. The van der Waals surface area contributed by atoms with Crippen molar-refractivity contribution in [1.29, 1.82) is 0 Å².